The Labute approximate surface area is 146 Å². The van der Waals surface area contributed by atoms with Crippen molar-refractivity contribution in [3.8, 4) is 11.5 Å². The third kappa shape index (κ3) is 5.24. The first-order valence-corrected chi connectivity index (χ1v) is 7.84. The van der Waals surface area contributed by atoms with E-state index in [0.717, 1.165) is 5.56 Å². The summed E-state index contributed by atoms with van der Waals surface area (Å²) in [4.78, 5) is 23.9. The molecule has 2 rings (SSSR count). The summed E-state index contributed by atoms with van der Waals surface area (Å²) in [5.74, 6) is 0.515. The Hall–Kier alpha value is -3.02. The van der Waals surface area contributed by atoms with Gasteiger partial charge in [-0.25, -0.2) is 0 Å². The van der Waals surface area contributed by atoms with Gasteiger partial charge in [0.2, 0.25) is 0 Å². The van der Waals surface area contributed by atoms with Crippen molar-refractivity contribution >= 4 is 17.6 Å². The number of methoxy groups -OCH3 is 2. The molecule has 0 spiro atoms. The van der Waals surface area contributed by atoms with Crippen LogP contribution in [0.4, 0.5) is 5.69 Å². The molecule has 0 unspecified atom stereocenters. The molecule has 6 heteroatoms. The van der Waals surface area contributed by atoms with Gasteiger partial charge in [0.15, 0.2) is 0 Å². The van der Waals surface area contributed by atoms with Gasteiger partial charge in [-0.3, -0.25) is 9.59 Å². The molecule has 2 aromatic carbocycles. The number of carbonyl (C=O) groups is 2. The molecule has 0 radical (unpaired) electrons. The standard InChI is InChI=1S/C19H21NO5/c1-4-25-18(21)9-13-5-7-15(8-6-13)20-19(22)14-10-16(23-2)12-17(11-14)24-3/h5-8,10-12H,4,9H2,1-3H3,(H,20,22). The monoisotopic (exact) mass is 343 g/mol. The third-order valence-corrected chi connectivity index (χ3v) is 3.48. The number of hydrogen-bond acceptors (Lipinski definition) is 5. The van der Waals surface area contributed by atoms with E-state index in [1.165, 1.54) is 14.2 Å². The molecule has 0 saturated heterocycles. The van der Waals surface area contributed by atoms with Crippen LogP contribution in [0.2, 0.25) is 0 Å². The van der Waals surface area contributed by atoms with Crippen LogP contribution in [0.5, 0.6) is 11.5 Å². The molecule has 132 valence electrons. The fraction of sp³-hybridized carbons (Fsp3) is 0.263. The Kier molecular flexibility index (Phi) is 6.39. The van der Waals surface area contributed by atoms with E-state index in [4.69, 9.17) is 14.2 Å². The number of rotatable bonds is 7. The van der Waals surface area contributed by atoms with E-state index >= 15 is 0 Å². The van der Waals surface area contributed by atoms with Gasteiger partial charge in [0.1, 0.15) is 11.5 Å². The van der Waals surface area contributed by atoms with Crippen molar-refractivity contribution in [2.75, 3.05) is 26.1 Å². The van der Waals surface area contributed by atoms with E-state index in [1.807, 2.05) is 0 Å². The summed E-state index contributed by atoms with van der Waals surface area (Å²) in [7, 11) is 3.05. The fourth-order valence-electron chi connectivity index (χ4n) is 2.23. The lowest BCUT2D eigenvalue weighted by Crippen LogP contribution is -2.12. The third-order valence-electron chi connectivity index (χ3n) is 3.48. The molecular weight excluding hydrogens is 322 g/mol. The SMILES string of the molecule is CCOC(=O)Cc1ccc(NC(=O)c2cc(OC)cc(OC)c2)cc1. The van der Waals surface area contributed by atoms with E-state index < -0.39 is 0 Å². The van der Waals surface area contributed by atoms with Gasteiger partial charge in [0.25, 0.3) is 5.91 Å². The van der Waals surface area contributed by atoms with Crippen LogP contribution in [-0.4, -0.2) is 32.7 Å². The Morgan fingerprint density at radius 2 is 1.56 bits per heavy atom. The Morgan fingerprint density at radius 1 is 0.960 bits per heavy atom. The summed E-state index contributed by atoms with van der Waals surface area (Å²) in [6, 6.07) is 12.0. The van der Waals surface area contributed by atoms with Gasteiger partial charge in [0.05, 0.1) is 27.2 Å². The number of ether oxygens (including phenoxy) is 3. The maximum atomic E-state index is 12.4. The molecule has 0 saturated carbocycles. The van der Waals surface area contributed by atoms with Crippen molar-refractivity contribution in [2.45, 2.75) is 13.3 Å². The van der Waals surface area contributed by atoms with E-state index in [1.54, 1.807) is 49.4 Å². The predicted octanol–water partition coefficient (Wildman–Crippen LogP) is 3.06. The molecule has 0 aliphatic heterocycles. The first kappa shape index (κ1) is 18.3. The molecule has 0 fully saturated rings. The maximum absolute atomic E-state index is 12.4. The average molecular weight is 343 g/mol. The highest BCUT2D eigenvalue weighted by atomic mass is 16.5. The molecule has 0 heterocycles. The van der Waals surface area contributed by atoms with E-state index in [-0.39, 0.29) is 18.3 Å². The van der Waals surface area contributed by atoms with Crippen LogP contribution in [-0.2, 0) is 16.0 Å². The van der Waals surface area contributed by atoms with Crippen LogP contribution in [0.1, 0.15) is 22.8 Å². The molecule has 25 heavy (non-hydrogen) atoms. The molecule has 1 N–H and O–H groups in total. The van der Waals surface area contributed by atoms with Gasteiger partial charge in [-0.1, -0.05) is 12.1 Å². The van der Waals surface area contributed by atoms with E-state index in [9.17, 15) is 9.59 Å². The number of benzene rings is 2. The second-order valence-electron chi connectivity index (χ2n) is 5.23. The highest BCUT2D eigenvalue weighted by Gasteiger charge is 2.11. The number of amides is 1. The number of anilines is 1. The van der Waals surface area contributed by atoms with Crippen molar-refractivity contribution in [2.24, 2.45) is 0 Å². The maximum Gasteiger partial charge on any atom is 0.310 e. The molecule has 0 aliphatic carbocycles. The fourth-order valence-corrected chi connectivity index (χ4v) is 2.23. The quantitative estimate of drug-likeness (QED) is 0.782. The molecule has 0 aromatic heterocycles. The second kappa shape index (κ2) is 8.73. The molecule has 2 aromatic rings. The summed E-state index contributed by atoms with van der Waals surface area (Å²) in [5.41, 5.74) is 1.87. The van der Waals surface area contributed by atoms with Crippen LogP contribution in [0.25, 0.3) is 0 Å². The van der Waals surface area contributed by atoms with Crippen LogP contribution in [0, 0.1) is 0 Å². The van der Waals surface area contributed by atoms with Crippen molar-refractivity contribution in [1.82, 2.24) is 0 Å². The molecule has 0 atom stereocenters. The minimum atomic E-state index is -0.282. The van der Waals surface area contributed by atoms with Gasteiger partial charge in [-0.15, -0.1) is 0 Å². The second-order valence-corrected chi connectivity index (χ2v) is 5.23. The Morgan fingerprint density at radius 3 is 2.08 bits per heavy atom. The zero-order valence-corrected chi connectivity index (χ0v) is 14.5. The van der Waals surface area contributed by atoms with Crippen LogP contribution in [0.3, 0.4) is 0 Å². The first-order chi connectivity index (χ1) is 12.0. The summed E-state index contributed by atoms with van der Waals surface area (Å²) in [6.45, 7) is 2.13. The topological polar surface area (TPSA) is 73.9 Å². The van der Waals surface area contributed by atoms with E-state index in [0.29, 0.717) is 29.4 Å². The van der Waals surface area contributed by atoms with Crippen LogP contribution in [0.15, 0.2) is 42.5 Å². The van der Waals surface area contributed by atoms with Gasteiger partial charge >= 0.3 is 5.97 Å². The normalized spacial score (nSPS) is 10.0. The number of esters is 1. The molecule has 1 amide bonds. The lowest BCUT2D eigenvalue weighted by atomic mass is 10.1. The first-order valence-electron chi connectivity index (χ1n) is 7.84. The van der Waals surface area contributed by atoms with Crippen LogP contribution >= 0.6 is 0 Å². The summed E-state index contributed by atoms with van der Waals surface area (Å²) >= 11 is 0. The largest absolute Gasteiger partial charge is 0.497 e. The lowest BCUT2D eigenvalue weighted by Gasteiger charge is -2.10. The number of hydrogen-bond donors (Lipinski definition) is 1. The smallest absolute Gasteiger partial charge is 0.310 e. The Balaban J connectivity index is 2.06. The summed E-state index contributed by atoms with van der Waals surface area (Å²) in [6.07, 6.45) is 0.204. The zero-order valence-electron chi connectivity index (χ0n) is 14.5. The number of nitrogens with one attached hydrogen (secondary N) is 1. The summed E-state index contributed by atoms with van der Waals surface area (Å²) in [5, 5.41) is 2.80. The number of carbonyl (C=O) groups excluding carboxylic acids is 2. The van der Waals surface area contributed by atoms with Crippen molar-refractivity contribution in [1.29, 1.82) is 0 Å². The van der Waals surface area contributed by atoms with Crippen molar-refractivity contribution < 1.29 is 23.8 Å². The Bertz CT molecular complexity index is 718. The van der Waals surface area contributed by atoms with Gasteiger partial charge in [-0.2, -0.15) is 0 Å². The highest BCUT2D eigenvalue weighted by Crippen LogP contribution is 2.23. The minimum absolute atomic E-state index is 0.204. The van der Waals surface area contributed by atoms with Crippen molar-refractivity contribution in [3.63, 3.8) is 0 Å². The van der Waals surface area contributed by atoms with Gasteiger partial charge in [0, 0.05) is 17.3 Å². The van der Waals surface area contributed by atoms with Crippen LogP contribution < -0.4 is 14.8 Å². The van der Waals surface area contributed by atoms with E-state index in [2.05, 4.69) is 5.32 Å². The van der Waals surface area contributed by atoms with Gasteiger partial charge < -0.3 is 19.5 Å². The predicted molar refractivity (Wildman–Crippen MR) is 94.3 cm³/mol. The minimum Gasteiger partial charge on any atom is -0.497 e. The van der Waals surface area contributed by atoms with Gasteiger partial charge in [-0.05, 0) is 36.8 Å². The molecule has 0 aliphatic rings. The molecular formula is C19H21NO5. The highest BCUT2D eigenvalue weighted by molar-refractivity contribution is 6.04. The average Bonchev–Trinajstić information content (AvgIpc) is 2.63. The summed E-state index contributed by atoms with van der Waals surface area (Å²) < 4.78 is 15.2. The lowest BCUT2D eigenvalue weighted by molar-refractivity contribution is -0.142. The van der Waals surface area contributed by atoms with Crippen molar-refractivity contribution in [3.05, 3.63) is 53.6 Å². The molecule has 0 bridgehead atoms. The molecule has 6 nitrogen and oxygen atoms in total. The zero-order chi connectivity index (χ0) is 18.2.